The van der Waals surface area contributed by atoms with Gasteiger partial charge in [0.05, 0.1) is 5.56 Å². The van der Waals surface area contributed by atoms with Crippen molar-refractivity contribution in [2.45, 2.75) is 70.1 Å². The molecule has 2 rings (SSSR count). The van der Waals surface area contributed by atoms with E-state index in [0.717, 1.165) is 11.8 Å². The number of aryl methyl sites for hydroxylation is 1. The molecule has 13 nitrogen and oxygen atoms in total. The summed E-state index contributed by atoms with van der Waals surface area (Å²) in [5, 5.41) is 10.5. The fourth-order valence-electron chi connectivity index (χ4n) is 3.77. The van der Waals surface area contributed by atoms with Gasteiger partial charge >= 0.3 is 6.03 Å². The Hall–Kier alpha value is -4.51. The third kappa shape index (κ3) is 12.9. The van der Waals surface area contributed by atoms with E-state index in [1.807, 2.05) is 19.1 Å². The largest absolute Gasteiger partial charge is 0.352 e. The Balaban J connectivity index is 1.95. The maximum absolute atomic E-state index is 13.2. The van der Waals surface area contributed by atoms with Gasteiger partial charge in [-0.25, -0.2) is 23.2 Å². The van der Waals surface area contributed by atoms with Crippen LogP contribution in [0.15, 0.2) is 41.8 Å². The average Bonchev–Trinajstić information content (AvgIpc) is 2.93. The predicted molar refractivity (Wildman–Crippen MR) is 161 cm³/mol. The Labute approximate surface area is 252 Å². The van der Waals surface area contributed by atoms with E-state index in [2.05, 4.69) is 43.1 Å². The molecule has 6 N–H and O–H groups in total. The molecule has 0 bridgehead atoms. The van der Waals surface area contributed by atoms with Gasteiger partial charge in [-0.1, -0.05) is 43.4 Å². The van der Waals surface area contributed by atoms with Crippen molar-refractivity contribution in [2.24, 2.45) is 11.7 Å². The lowest BCUT2D eigenvalue weighted by Gasteiger charge is -2.25. The van der Waals surface area contributed by atoms with Gasteiger partial charge in [0, 0.05) is 43.7 Å². The number of nitrogens with two attached hydrogens (primary N) is 1. The van der Waals surface area contributed by atoms with Crippen LogP contribution < -0.4 is 27.0 Å². The summed E-state index contributed by atoms with van der Waals surface area (Å²) < 4.78 is 22.9. The van der Waals surface area contributed by atoms with Crippen LogP contribution in [0.3, 0.4) is 0 Å². The van der Waals surface area contributed by atoms with Crippen LogP contribution in [0, 0.1) is 24.7 Å². The number of benzene rings is 1. The molecular formula is C29H39N7O6S. The van der Waals surface area contributed by atoms with Crippen molar-refractivity contribution >= 4 is 39.3 Å². The fraction of sp³-hybridized carbons (Fsp3) is 0.448. The summed E-state index contributed by atoms with van der Waals surface area (Å²) in [6.07, 6.45) is 5.16. The number of urea groups is 1. The number of rotatable bonds is 14. The number of carbonyl (C=O) groups excluding carboxylic acids is 4. The minimum absolute atomic E-state index is 0.116. The van der Waals surface area contributed by atoms with Crippen molar-refractivity contribution in [3.05, 3.63) is 47.8 Å². The van der Waals surface area contributed by atoms with Crippen LogP contribution in [-0.2, 0) is 24.2 Å². The zero-order valence-electron chi connectivity index (χ0n) is 24.8. The van der Waals surface area contributed by atoms with E-state index in [-0.39, 0.29) is 36.4 Å². The molecule has 14 heteroatoms. The van der Waals surface area contributed by atoms with E-state index in [4.69, 9.17) is 5.73 Å². The van der Waals surface area contributed by atoms with E-state index >= 15 is 0 Å². The number of unbranched alkanes of at least 4 members (excludes halogenated alkanes) is 1. The first-order valence-electron chi connectivity index (χ1n) is 13.8. The normalized spacial score (nSPS) is 12.3. The maximum atomic E-state index is 13.2. The molecule has 1 aromatic carbocycles. The van der Waals surface area contributed by atoms with Gasteiger partial charge in [0.2, 0.25) is 32.7 Å². The zero-order chi connectivity index (χ0) is 32.0. The highest BCUT2D eigenvalue weighted by molar-refractivity contribution is 7.90. The lowest BCUT2D eigenvalue weighted by molar-refractivity contribution is -0.132. The summed E-state index contributed by atoms with van der Waals surface area (Å²) in [5.41, 5.74) is 7.15. The molecule has 0 saturated heterocycles. The summed E-state index contributed by atoms with van der Waals surface area (Å²) in [6.45, 7) is 5.72. The fourth-order valence-corrected chi connectivity index (χ4v) is 4.26. The molecule has 2 atom stereocenters. The van der Waals surface area contributed by atoms with Gasteiger partial charge in [0.1, 0.15) is 12.1 Å². The van der Waals surface area contributed by atoms with E-state index in [9.17, 15) is 27.6 Å². The molecule has 1 aromatic heterocycles. The van der Waals surface area contributed by atoms with E-state index in [1.165, 1.54) is 12.4 Å². The van der Waals surface area contributed by atoms with Gasteiger partial charge in [0.25, 0.3) is 0 Å². The molecule has 0 aliphatic carbocycles. The van der Waals surface area contributed by atoms with Gasteiger partial charge < -0.3 is 27.0 Å². The van der Waals surface area contributed by atoms with E-state index in [1.54, 1.807) is 26.0 Å². The number of carbonyl (C=O) groups is 4. The molecule has 0 aliphatic heterocycles. The molecular weight excluding hydrogens is 574 g/mol. The second kappa shape index (κ2) is 16.8. The summed E-state index contributed by atoms with van der Waals surface area (Å²) in [7, 11) is -3.50. The molecule has 0 unspecified atom stereocenters. The summed E-state index contributed by atoms with van der Waals surface area (Å²) in [4.78, 5) is 57.5. The monoisotopic (exact) mass is 613 g/mol. The van der Waals surface area contributed by atoms with Gasteiger partial charge in [-0.3, -0.25) is 14.4 Å². The quantitative estimate of drug-likeness (QED) is 0.120. The summed E-state index contributed by atoms with van der Waals surface area (Å²) in [5.74, 6) is 4.16. The van der Waals surface area contributed by atoms with Crippen molar-refractivity contribution in [2.75, 3.05) is 18.1 Å². The molecule has 43 heavy (non-hydrogen) atoms. The van der Waals surface area contributed by atoms with Gasteiger partial charge in [-0.2, -0.15) is 0 Å². The Morgan fingerprint density at radius 1 is 0.977 bits per heavy atom. The Bertz CT molecular complexity index is 1430. The maximum Gasteiger partial charge on any atom is 0.312 e. The number of sulfone groups is 1. The minimum atomic E-state index is -3.50. The number of nitrogens with one attached hydrogen (secondary N) is 4. The highest BCUT2D eigenvalue weighted by Crippen LogP contribution is 2.11. The average molecular weight is 614 g/mol. The molecule has 0 aliphatic rings. The van der Waals surface area contributed by atoms with Gasteiger partial charge in [-0.15, -0.1) is 0 Å². The Morgan fingerprint density at radius 3 is 2.21 bits per heavy atom. The van der Waals surface area contributed by atoms with Crippen LogP contribution in [0.2, 0.25) is 0 Å². The number of hydrogen-bond donors (Lipinski definition) is 5. The smallest absolute Gasteiger partial charge is 0.312 e. The molecule has 1 heterocycles. The first-order chi connectivity index (χ1) is 20.3. The number of hydrogen-bond acceptors (Lipinski definition) is 8. The minimum Gasteiger partial charge on any atom is -0.352 e. The highest BCUT2D eigenvalue weighted by atomic mass is 32.2. The van der Waals surface area contributed by atoms with Crippen LogP contribution in [0.1, 0.15) is 57.1 Å². The first kappa shape index (κ1) is 34.7. The van der Waals surface area contributed by atoms with Crippen LogP contribution in [0.25, 0.3) is 0 Å². The van der Waals surface area contributed by atoms with Crippen LogP contribution in [0.4, 0.5) is 10.5 Å². The zero-order valence-corrected chi connectivity index (χ0v) is 25.6. The van der Waals surface area contributed by atoms with Gasteiger partial charge in [-0.05, 0) is 44.2 Å². The summed E-state index contributed by atoms with van der Waals surface area (Å²) >= 11 is 0. The molecule has 0 fully saturated rings. The van der Waals surface area contributed by atoms with Crippen molar-refractivity contribution in [3.8, 4) is 11.8 Å². The van der Waals surface area contributed by atoms with Crippen molar-refractivity contribution in [1.82, 2.24) is 25.9 Å². The highest BCUT2D eigenvalue weighted by Gasteiger charge is 2.28. The molecule has 0 saturated carbocycles. The topological polar surface area (TPSA) is 202 Å². The predicted octanol–water partition coefficient (Wildman–Crippen LogP) is 1.42. The van der Waals surface area contributed by atoms with Crippen molar-refractivity contribution in [1.29, 1.82) is 0 Å². The van der Waals surface area contributed by atoms with Crippen LogP contribution in [-0.4, -0.2) is 67.0 Å². The Morgan fingerprint density at radius 2 is 1.63 bits per heavy atom. The lowest BCUT2D eigenvalue weighted by Crippen LogP contribution is -2.54. The van der Waals surface area contributed by atoms with E-state index < -0.39 is 39.8 Å². The third-order valence-electron chi connectivity index (χ3n) is 6.08. The SMILES string of the molecule is Cc1ccc(NC(=O)[C@H](CCCNC(N)=O)NC(=O)[C@@H](NC(=O)CCCC#Cc2cnc(S(C)(=O)=O)nc2)C(C)C)cc1. The Kier molecular flexibility index (Phi) is 13.6. The molecule has 0 radical (unpaired) electrons. The number of amides is 5. The first-order valence-corrected chi connectivity index (χ1v) is 15.7. The van der Waals surface area contributed by atoms with E-state index in [0.29, 0.717) is 30.5 Å². The third-order valence-corrected chi connectivity index (χ3v) is 6.96. The number of anilines is 1. The van der Waals surface area contributed by atoms with Crippen molar-refractivity contribution < 1.29 is 27.6 Å². The molecule has 0 spiro atoms. The van der Waals surface area contributed by atoms with Gasteiger partial charge in [0.15, 0.2) is 0 Å². The van der Waals surface area contributed by atoms with Crippen molar-refractivity contribution in [3.63, 3.8) is 0 Å². The number of nitrogens with zero attached hydrogens (tertiary/aromatic N) is 2. The molecule has 5 amide bonds. The second-order valence-electron chi connectivity index (χ2n) is 10.3. The summed E-state index contributed by atoms with van der Waals surface area (Å²) in [6, 6.07) is 4.71. The number of primary amides is 1. The lowest BCUT2D eigenvalue weighted by atomic mass is 10.0. The van der Waals surface area contributed by atoms with Crippen LogP contribution in [0.5, 0.6) is 0 Å². The second-order valence-corrected chi connectivity index (χ2v) is 12.2. The standard InChI is InChI=1S/C29H39N7O6S/c1-19(2)25(36-24(37)11-7-5-6-9-21-17-32-29(33-18-21)43(4,41)42)27(39)35-23(10-8-16-31-28(30)40)26(38)34-22-14-12-20(3)13-15-22/h12-15,17-19,23,25H,5,7-8,10-11,16H2,1-4H3,(H,34,38)(H,35,39)(H,36,37)(H3,30,31,40)/t23-,25-/m0/s1. The molecule has 2 aromatic rings. The van der Waals surface area contributed by atoms with Crippen LogP contribution >= 0.6 is 0 Å². The number of aromatic nitrogens is 2. The molecule has 232 valence electrons.